The second kappa shape index (κ2) is 5.33. The summed E-state index contributed by atoms with van der Waals surface area (Å²) >= 11 is 0. The topological polar surface area (TPSA) is 54.5 Å². The van der Waals surface area contributed by atoms with Crippen LogP contribution in [0, 0.1) is 0 Å². The van der Waals surface area contributed by atoms with Crippen LogP contribution in [0.15, 0.2) is 29.2 Å². The molecule has 1 fully saturated rings. The first-order valence-electron chi connectivity index (χ1n) is 6.43. The van der Waals surface area contributed by atoms with Gasteiger partial charge in [-0.3, -0.25) is 4.79 Å². The van der Waals surface area contributed by atoms with Crippen molar-refractivity contribution in [2.24, 2.45) is 0 Å². The number of anilines is 1. The summed E-state index contributed by atoms with van der Waals surface area (Å²) in [4.78, 5) is 13.6. The zero-order valence-corrected chi connectivity index (χ0v) is 12.1. The highest BCUT2D eigenvalue weighted by Gasteiger charge is 2.25. The highest BCUT2D eigenvalue weighted by molar-refractivity contribution is 7.90. The Hall–Kier alpha value is -1.36. The molecule has 1 aliphatic carbocycles. The van der Waals surface area contributed by atoms with E-state index >= 15 is 0 Å². The highest BCUT2D eigenvalue weighted by atomic mass is 32.2. The Morgan fingerprint density at radius 3 is 2.32 bits per heavy atom. The molecular weight excluding hydrogens is 262 g/mol. The summed E-state index contributed by atoms with van der Waals surface area (Å²) < 4.78 is 23.6. The van der Waals surface area contributed by atoms with E-state index in [1.807, 2.05) is 24.1 Å². The Kier molecular flexibility index (Phi) is 3.94. The lowest BCUT2D eigenvalue weighted by molar-refractivity contribution is -0.120. The molecule has 0 N–H and O–H groups in total. The number of benzene rings is 1. The monoisotopic (exact) mass is 281 g/mol. The van der Waals surface area contributed by atoms with Crippen LogP contribution in [-0.4, -0.2) is 33.5 Å². The molecule has 4 nitrogen and oxygen atoms in total. The number of nitrogens with zero attached hydrogens (tertiary/aromatic N) is 1. The Bertz CT molecular complexity index is 570. The molecule has 1 aromatic carbocycles. The minimum absolute atomic E-state index is 0.237. The van der Waals surface area contributed by atoms with Gasteiger partial charge in [-0.15, -0.1) is 0 Å². The second-order valence-electron chi connectivity index (χ2n) is 5.12. The van der Waals surface area contributed by atoms with Crippen molar-refractivity contribution in [2.75, 3.05) is 18.2 Å². The molecule has 2 rings (SSSR count). The zero-order chi connectivity index (χ0) is 14.0. The third-order valence-corrected chi connectivity index (χ3v) is 4.85. The number of ketones is 1. The van der Waals surface area contributed by atoms with Gasteiger partial charge in [0.05, 0.1) is 10.6 Å². The maximum Gasteiger partial charge on any atom is 0.177 e. The SMILES string of the molecule is CN(c1ccccc1S(C)(=O)=O)C1CCC(=O)CC1. The minimum Gasteiger partial charge on any atom is -0.371 e. The van der Waals surface area contributed by atoms with E-state index in [0.29, 0.717) is 23.5 Å². The molecule has 0 saturated heterocycles. The minimum atomic E-state index is -3.24. The molecule has 0 radical (unpaired) electrons. The van der Waals surface area contributed by atoms with Crippen LogP contribution < -0.4 is 4.90 Å². The van der Waals surface area contributed by atoms with Crippen LogP contribution in [0.2, 0.25) is 0 Å². The summed E-state index contributed by atoms with van der Waals surface area (Å²) in [6.07, 6.45) is 4.01. The van der Waals surface area contributed by atoms with E-state index in [4.69, 9.17) is 0 Å². The quantitative estimate of drug-likeness (QED) is 0.850. The molecule has 1 aliphatic rings. The Balaban J connectivity index is 2.29. The maximum absolute atomic E-state index is 11.8. The standard InChI is InChI=1S/C14H19NO3S/c1-15(11-7-9-12(16)10-8-11)13-5-3-4-6-14(13)19(2,17)18/h3-6,11H,7-10H2,1-2H3. The molecule has 0 aromatic heterocycles. The smallest absolute Gasteiger partial charge is 0.177 e. The van der Waals surface area contributed by atoms with Crippen molar-refractivity contribution in [3.05, 3.63) is 24.3 Å². The average Bonchev–Trinajstić information content (AvgIpc) is 2.38. The third kappa shape index (κ3) is 3.15. The van der Waals surface area contributed by atoms with Crippen LogP contribution in [0.5, 0.6) is 0 Å². The summed E-state index contributed by atoms with van der Waals surface area (Å²) in [6.45, 7) is 0. The van der Waals surface area contributed by atoms with E-state index in [9.17, 15) is 13.2 Å². The molecule has 0 atom stereocenters. The van der Waals surface area contributed by atoms with Gasteiger partial charge in [0.1, 0.15) is 5.78 Å². The van der Waals surface area contributed by atoms with Crippen molar-refractivity contribution >= 4 is 21.3 Å². The molecule has 5 heteroatoms. The largest absolute Gasteiger partial charge is 0.371 e. The maximum atomic E-state index is 11.8. The van der Waals surface area contributed by atoms with Crippen molar-refractivity contribution in [3.63, 3.8) is 0 Å². The summed E-state index contributed by atoms with van der Waals surface area (Å²) in [7, 11) is -1.33. The summed E-state index contributed by atoms with van der Waals surface area (Å²) in [5.74, 6) is 0.307. The van der Waals surface area contributed by atoms with E-state index in [1.165, 1.54) is 6.26 Å². The van der Waals surface area contributed by atoms with Crippen LogP contribution in [0.4, 0.5) is 5.69 Å². The molecule has 1 saturated carbocycles. The fourth-order valence-electron chi connectivity index (χ4n) is 2.57. The molecule has 0 amide bonds. The third-order valence-electron chi connectivity index (χ3n) is 3.71. The normalized spacial score (nSPS) is 17.5. The van der Waals surface area contributed by atoms with Gasteiger partial charge in [-0.1, -0.05) is 12.1 Å². The first kappa shape index (κ1) is 14.1. The molecule has 0 heterocycles. The van der Waals surface area contributed by atoms with Gasteiger partial charge >= 0.3 is 0 Å². The first-order chi connectivity index (χ1) is 8.89. The first-order valence-corrected chi connectivity index (χ1v) is 8.32. The van der Waals surface area contributed by atoms with E-state index < -0.39 is 9.84 Å². The molecule has 0 bridgehead atoms. The molecule has 19 heavy (non-hydrogen) atoms. The lowest BCUT2D eigenvalue weighted by Crippen LogP contribution is -2.36. The molecule has 1 aromatic rings. The summed E-state index contributed by atoms with van der Waals surface area (Å²) in [5.41, 5.74) is 0.726. The highest BCUT2D eigenvalue weighted by Crippen LogP contribution is 2.29. The van der Waals surface area contributed by atoms with Crippen molar-refractivity contribution < 1.29 is 13.2 Å². The number of carbonyl (C=O) groups is 1. The van der Waals surface area contributed by atoms with Gasteiger partial charge in [-0.25, -0.2) is 8.42 Å². The van der Waals surface area contributed by atoms with Crippen LogP contribution >= 0.6 is 0 Å². The van der Waals surface area contributed by atoms with Gasteiger partial charge in [-0.2, -0.15) is 0 Å². The van der Waals surface area contributed by atoms with Crippen molar-refractivity contribution in [1.82, 2.24) is 0 Å². The van der Waals surface area contributed by atoms with Crippen molar-refractivity contribution in [3.8, 4) is 0 Å². The predicted molar refractivity (Wildman–Crippen MR) is 75.2 cm³/mol. The van der Waals surface area contributed by atoms with Gasteiger partial charge in [-0.05, 0) is 25.0 Å². The van der Waals surface area contributed by atoms with E-state index in [-0.39, 0.29) is 6.04 Å². The van der Waals surface area contributed by atoms with Gasteiger partial charge in [0, 0.05) is 32.2 Å². The lowest BCUT2D eigenvalue weighted by atomic mass is 9.93. The number of carbonyl (C=O) groups excluding carboxylic acids is 1. The number of para-hydroxylation sites is 1. The van der Waals surface area contributed by atoms with Gasteiger partial charge in [0.2, 0.25) is 0 Å². The van der Waals surface area contributed by atoms with E-state index in [0.717, 1.165) is 18.5 Å². The molecule has 104 valence electrons. The number of sulfone groups is 1. The fraction of sp³-hybridized carbons (Fsp3) is 0.500. The van der Waals surface area contributed by atoms with Crippen LogP contribution in [0.1, 0.15) is 25.7 Å². The van der Waals surface area contributed by atoms with Crippen LogP contribution in [-0.2, 0) is 14.6 Å². The number of Topliss-reactive ketones (excluding diaryl/α,β-unsaturated/α-hetero) is 1. The van der Waals surface area contributed by atoms with Crippen LogP contribution in [0.3, 0.4) is 0 Å². The van der Waals surface area contributed by atoms with Gasteiger partial charge in [0.25, 0.3) is 0 Å². The Labute approximate surface area is 114 Å². The Morgan fingerprint density at radius 1 is 1.16 bits per heavy atom. The van der Waals surface area contributed by atoms with Crippen LogP contribution in [0.25, 0.3) is 0 Å². The van der Waals surface area contributed by atoms with Crippen molar-refractivity contribution in [2.45, 2.75) is 36.6 Å². The Morgan fingerprint density at radius 2 is 1.74 bits per heavy atom. The predicted octanol–water partition coefficient (Wildman–Crippen LogP) is 2.04. The average molecular weight is 281 g/mol. The number of hydrogen-bond donors (Lipinski definition) is 0. The summed E-state index contributed by atoms with van der Waals surface area (Å²) in [5, 5.41) is 0. The number of hydrogen-bond acceptors (Lipinski definition) is 4. The zero-order valence-electron chi connectivity index (χ0n) is 11.3. The van der Waals surface area contributed by atoms with E-state index in [1.54, 1.807) is 12.1 Å². The second-order valence-corrected chi connectivity index (χ2v) is 7.10. The fourth-order valence-corrected chi connectivity index (χ4v) is 3.49. The molecule has 0 unspecified atom stereocenters. The molecular formula is C14H19NO3S. The number of rotatable bonds is 3. The van der Waals surface area contributed by atoms with Gasteiger partial charge < -0.3 is 4.90 Å². The summed E-state index contributed by atoms with van der Waals surface area (Å²) in [6, 6.07) is 7.27. The van der Waals surface area contributed by atoms with Crippen molar-refractivity contribution in [1.29, 1.82) is 0 Å². The lowest BCUT2D eigenvalue weighted by Gasteiger charge is -2.33. The molecule has 0 spiro atoms. The van der Waals surface area contributed by atoms with E-state index in [2.05, 4.69) is 0 Å². The molecule has 0 aliphatic heterocycles. The van der Waals surface area contributed by atoms with Gasteiger partial charge in [0.15, 0.2) is 9.84 Å².